The maximum atomic E-state index is 11.9. The van der Waals surface area contributed by atoms with E-state index in [9.17, 15) is 4.79 Å². The van der Waals surface area contributed by atoms with Crippen molar-refractivity contribution in [2.24, 2.45) is 0 Å². The molecule has 0 aliphatic carbocycles. The first-order valence-corrected chi connectivity index (χ1v) is 6.99. The lowest BCUT2D eigenvalue weighted by atomic mass is 10.1. The minimum absolute atomic E-state index is 0.276. The molecular formula is C14H11Cl2N3O2. The zero-order valence-electron chi connectivity index (χ0n) is 11.1. The zero-order chi connectivity index (χ0) is 15.0. The molecule has 1 aliphatic rings. The van der Waals surface area contributed by atoms with Crippen molar-refractivity contribution in [1.82, 2.24) is 15.3 Å². The first-order valence-electron chi connectivity index (χ1n) is 6.24. The summed E-state index contributed by atoms with van der Waals surface area (Å²) in [4.78, 5) is 20.7. The average molecular weight is 324 g/mol. The van der Waals surface area contributed by atoms with Crippen LogP contribution in [0.3, 0.4) is 0 Å². The highest BCUT2D eigenvalue weighted by Gasteiger charge is 2.24. The SMILES string of the molecule is COC(=O)c1nc(-c2cc(Cl)cc(Cl)c2)nc2c1CNC2. The van der Waals surface area contributed by atoms with Gasteiger partial charge in [0.25, 0.3) is 0 Å². The lowest BCUT2D eigenvalue weighted by Crippen LogP contribution is -2.11. The highest BCUT2D eigenvalue weighted by Crippen LogP contribution is 2.27. The monoisotopic (exact) mass is 323 g/mol. The van der Waals surface area contributed by atoms with Crippen molar-refractivity contribution in [3.8, 4) is 11.4 Å². The lowest BCUT2D eigenvalue weighted by Gasteiger charge is -2.08. The first-order chi connectivity index (χ1) is 10.1. The Kier molecular flexibility index (Phi) is 3.80. The molecule has 1 N–H and O–H groups in total. The van der Waals surface area contributed by atoms with Crippen molar-refractivity contribution < 1.29 is 9.53 Å². The predicted octanol–water partition coefficient (Wildman–Crippen LogP) is 2.84. The van der Waals surface area contributed by atoms with Gasteiger partial charge in [-0.2, -0.15) is 0 Å². The Morgan fingerprint density at radius 2 is 1.90 bits per heavy atom. The molecule has 0 radical (unpaired) electrons. The van der Waals surface area contributed by atoms with E-state index in [2.05, 4.69) is 15.3 Å². The summed E-state index contributed by atoms with van der Waals surface area (Å²) < 4.78 is 4.79. The third kappa shape index (κ3) is 2.72. The molecule has 108 valence electrons. The number of halogens is 2. The van der Waals surface area contributed by atoms with Crippen LogP contribution in [0.2, 0.25) is 10.0 Å². The fourth-order valence-electron chi connectivity index (χ4n) is 2.25. The van der Waals surface area contributed by atoms with Crippen molar-refractivity contribution >= 4 is 29.2 Å². The van der Waals surface area contributed by atoms with E-state index in [-0.39, 0.29) is 5.69 Å². The lowest BCUT2D eigenvalue weighted by molar-refractivity contribution is 0.0592. The van der Waals surface area contributed by atoms with Crippen molar-refractivity contribution in [3.63, 3.8) is 0 Å². The maximum Gasteiger partial charge on any atom is 0.357 e. The number of carbonyl (C=O) groups is 1. The summed E-state index contributed by atoms with van der Waals surface area (Å²) in [6, 6.07) is 5.04. The molecule has 3 rings (SSSR count). The van der Waals surface area contributed by atoms with E-state index in [1.54, 1.807) is 18.2 Å². The topological polar surface area (TPSA) is 64.1 Å². The average Bonchev–Trinajstić information content (AvgIpc) is 2.92. The second kappa shape index (κ2) is 5.60. The van der Waals surface area contributed by atoms with E-state index in [1.807, 2.05) is 0 Å². The molecule has 0 unspecified atom stereocenters. The van der Waals surface area contributed by atoms with Gasteiger partial charge in [0.1, 0.15) is 0 Å². The van der Waals surface area contributed by atoms with Gasteiger partial charge in [-0.15, -0.1) is 0 Å². The quantitative estimate of drug-likeness (QED) is 0.861. The number of aromatic nitrogens is 2. The number of ether oxygens (including phenoxy) is 1. The molecular weight excluding hydrogens is 313 g/mol. The van der Waals surface area contributed by atoms with Gasteiger partial charge >= 0.3 is 5.97 Å². The maximum absolute atomic E-state index is 11.9. The molecule has 0 atom stereocenters. The van der Waals surface area contributed by atoms with Crippen LogP contribution < -0.4 is 5.32 Å². The van der Waals surface area contributed by atoms with Gasteiger partial charge in [-0.1, -0.05) is 23.2 Å². The number of carbonyl (C=O) groups excluding carboxylic acids is 1. The summed E-state index contributed by atoms with van der Waals surface area (Å²) in [6.07, 6.45) is 0. The number of esters is 1. The Balaban J connectivity index is 2.17. The predicted molar refractivity (Wildman–Crippen MR) is 79.4 cm³/mol. The minimum atomic E-state index is -0.480. The van der Waals surface area contributed by atoms with Crippen molar-refractivity contribution in [2.45, 2.75) is 13.1 Å². The fourth-order valence-corrected chi connectivity index (χ4v) is 2.77. The number of benzene rings is 1. The Morgan fingerprint density at radius 3 is 2.57 bits per heavy atom. The minimum Gasteiger partial charge on any atom is -0.464 e. The molecule has 0 fully saturated rings. The largest absolute Gasteiger partial charge is 0.464 e. The molecule has 0 saturated carbocycles. The van der Waals surface area contributed by atoms with E-state index in [0.717, 1.165) is 11.3 Å². The zero-order valence-corrected chi connectivity index (χ0v) is 12.6. The number of methoxy groups -OCH3 is 1. The molecule has 5 nitrogen and oxygen atoms in total. The summed E-state index contributed by atoms with van der Waals surface area (Å²) in [6.45, 7) is 1.14. The molecule has 0 amide bonds. The molecule has 21 heavy (non-hydrogen) atoms. The van der Waals surface area contributed by atoms with E-state index in [4.69, 9.17) is 27.9 Å². The summed E-state index contributed by atoms with van der Waals surface area (Å²) in [7, 11) is 1.33. The van der Waals surface area contributed by atoms with Crippen molar-refractivity contribution in [3.05, 3.63) is 45.2 Å². The van der Waals surface area contributed by atoms with E-state index < -0.39 is 5.97 Å². The molecule has 2 heterocycles. The number of nitrogens with one attached hydrogen (secondary N) is 1. The summed E-state index contributed by atoms with van der Waals surface area (Å²) in [5.41, 5.74) is 2.50. The molecule has 7 heteroatoms. The van der Waals surface area contributed by atoms with Gasteiger partial charge in [0, 0.05) is 34.3 Å². The summed E-state index contributed by atoms with van der Waals surface area (Å²) >= 11 is 12.0. The standard InChI is InChI=1S/C14H11Cl2N3O2/c1-21-14(20)12-10-5-17-6-11(10)18-13(19-12)7-2-8(15)4-9(16)3-7/h2-4,17H,5-6H2,1H3. The number of fused-ring (bicyclic) bond motifs is 1. The van der Waals surface area contributed by atoms with Crippen molar-refractivity contribution in [1.29, 1.82) is 0 Å². The van der Waals surface area contributed by atoms with Gasteiger partial charge in [0.05, 0.1) is 12.8 Å². The van der Waals surface area contributed by atoms with Crippen molar-refractivity contribution in [2.75, 3.05) is 7.11 Å². The number of hydrogen-bond donors (Lipinski definition) is 1. The number of nitrogens with zero attached hydrogens (tertiary/aromatic N) is 2. The number of rotatable bonds is 2. The van der Waals surface area contributed by atoms with E-state index >= 15 is 0 Å². The summed E-state index contributed by atoms with van der Waals surface area (Å²) in [5.74, 6) is -0.0750. The van der Waals surface area contributed by atoms with Crippen LogP contribution in [0.4, 0.5) is 0 Å². The Labute approximate surface area is 131 Å². The van der Waals surface area contributed by atoms with Crippen LogP contribution in [0.15, 0.2) is 18.2 Å². The second-order valence-corrected chi connectivity index (χ2v) is 5.45. The summed E-state index contributed by atoms with van der Waals surface area (Å²) in [5, 5.41) is 4.12. The highest BCUT2D eigenvalue weighted by molar-refractivity contribution is 6.35. The normalized spacial score (nSPS) is 13.1. The van der Waals surface area contributed by atoms with Gasteiger partial charge in [0.2, 0.25) is 0 Å². The third-order valence-corrected chi connectivity index (χ3v) is 3.62. The molecule has 2 aromatic rings. The van der Waals surface area contributed by atoms with E-state index in [1.165, 1.54) is 7.11 Å². The van der Waals surface area contributed by atoms with Gasteiger partial charge < -0.3 is 10.1 Å². The Morgan fingerprint density at radius 1 is 1.19 bits per heavy atom. The van der Waals surface area contributed by atoms with Crippen LogP contribution in [0.1, 0.15) is 21.7 Å². The second-order valence-electron chi connectivity index (χ2n) is 4.57. The first kappa shape index (κ1) is 14.3. The number of hydrogen-bond acceptors (Lipinski definition) is 5. The van der Waals surface area contributed by atoms with Gasteiger partial charge in [-0.25, -0.2) is 14.8 Å². The van der Waals surface area contributed by atoms with Crippen LogP contribution in [0.5, 0.6) is 0 Å². The molecule has 1 aliphatic heterocycles. The van der Waals surface area contributed by atoms with Gasteiger partial charge in [-0.3, -0.25) is 0 Å². The highest BCUT2D eigenvalue weighted by atomic mass is 35.5. The van der Waals surface area contributed by atoms with Crippen LogP contribution in [-0.2, 0) is 17.8 Å². The van der Waals surface area contributed by atoms with Crippen LogP contribution in [-0.4, -0.2) is 23.0 Å². The van der Waals surface area contributed by atoms with Crippen LogP contribution in [0, 0.1) is 0 Å². The fraction of sp³-hybridized carbons (Fsp3) is 0.214. The molecule has 0 bridgehead atoms. The Bertz CT molecular complexity index is 714. The molecule has 1 aromatic heterocycles. The van der Waals surface area contributed by atoms with Gasteiger partial charge in [0.15, 0.2) is 11.5 Å². The smallest absolute Gasteiger partial charge is 0.357 e. The molecule has 0 saturated heterocycles. The van der Waals surface area contributed by atoms with E-state index in [0.29, 0.717) is 34.5 Å². The van der Waals surface area contributed by atoms with Crippen LogP contribution in [0.25, 0.3) is 11.4 Å². The molecule has 0 spiro atoms. The third-order valence-electron chi connectivity index (χ3n) is 3.19. The Hall–Kier alpha value is -1.69. The van der Waals surface area contributed by atoms with Gasteiger partial charge in [-0.05, 0) is 18.2 Å². The molecule has 1 aromatic carbocycles. The van der Waals surface area contributed by atoms with Crippen LogP contribution >= 0.6 is 23.2 Å².